The average Bonchev–Trinajstić information content (AvgIpc) is 3.49. The van der Waals surface area contributed by atoms with E-state index in [9.17, 15) is 9.59 Å². The molecule has 0 N–H and O–H groups in total. The maximum absolute atomic E-state index is 13.3. The summed E-state index contributed by atoms with van der Waals surface area (Å²) in [6, 6.07) is 14.2. The summed E-state index contributed by atoms with van der Waals surface area (Å²) in [4.78, 5) is 33.4. The number of hydrogen-bond acceptors (Lipinski definition) is 6. The molecule has 6 atom stereocenters. The Hall–Kier alpha value is -2.90. The zero-order chi connectivity index (χ0) is 20.6. The van der Waals surface area contributed by atoms with Crippen LogP contribution in [0.15, 0.2) is 53.7 Å². The van der Waals surface area contributed by atoms with E-state index in [1.807, 2.05) is 24.3 Å². The topological polar surface area (TPSA) is 77.4 Å². The minimum atomic E-state index is -0.551. The summed E-state index contributed by atoms with van der Waals surface area (Å²) in [6.07, 6.45) is -1.30. The summed E-state index contributed by atoms with van der Waals surface area (Å²) in [5.74, 6) is -1.02. The molecule has 30 heavy (non-hydrogen) atoms. The summed E-state index contributed by atoms with van der Waals surface area (Å²) in [5, 5.41) is 4.84. The lowest BCUT2D eigenvalue weighted by molar-refractivity contribution is -0.125. The molecule has 4 aliphatic heterocycles. The van der Waals surface area contributed by atoms with Crippen LogP contribution in [0.1, 0.15) is 5.56 Å². The molecule has 7 nitrogen and oxygen atoms in total. The number of methoxy groups -OCH3 is 1. The van der Waals surface area contributed by atoms with Crippen LogP contribution in [-0.4, -0.2) is 42.9 Å². The fourth-order valence-corrected chi connectivity index (χ4v) is 5.33. The van der Waals surface area contributed by atoms with Crippen LogP contribution in [-0.2, 0) is 19.2 Å². The number of amides is 2. The molecular formula is C22H17ClN2O5. The number of imide groups is 1. The van der Waals surface area contributed by atoms with Gasteiger partial charge in [-0.05, 0) is 48.5 Å². The van der Waals surface area contributed by atoms with Crippen LogP contribution in [0.5, 0.6) is 5.75 Å². The second-order valence-electron chi connectivity index (χ2n) is 7.91. The van der Waals surface area contributed by atoms with Crippen LogP contribution >= 0.6 is 11.6 Å². The van der Waals surface area contributed by atoms with Gasteiger partial charge in [0.05, 0.1) is 42.4 Å². The zero-order valence-electron chi connectivity index (χ0n) is 15.9. The molecule has 2 bridgehead atoms. The number of carbonyl (C=O) groups is 2. The Labute approximate surface area is 177 Å². The van der Waals surface area contributed by atoms with Crippen molar-refractivity contribution in [3.8, 4) is 5.75 Å². The molecule has 3 fully saturated rings. The lowest BCUT2D eigenvalue weighted by Gasteiger charge is -2.26. The fraction of sp³-hybridized carbons (Fsp3) is 0.318. The summed E-state index contributed by atoms with van der Waals surface area (Å²) < 4.78 is 11.3. The number of ether oxygens (including phenoxy) is 2. The Morgan fingerprint density at radius 1 is 0.900 bits per heavy atom. The highest BCUT2D eigenvalue weighted by Gasteiger charge is 2.72. The largest absolute Gasteiger partial charge is 0.497 e. The van der Waals surface area contributed by atoms with E-state index in [1.165, 1.54) is 4.90 Å². The van der Waals surface area contributed by atoms with E-state index >= 15 is 0 Å². The number of nitrogens with zero attached hydrogens (tertiary/aromatic N) is 2. The average molecular weight is 425 g/mol. The van der Waals surface area contributed by atoms with E-state index in [4.69, 9.17) is 25.9 Å². The predicted octanol–water partition coefficient (Wildman–Crippen LogP) is 2.65. The Bertz CT molecular complexity index is 1080. The van der Waals surface area contributed by atoms with Gasteiger partial charge < -0.3 is 14.3 Å². The molecule has 2 aromatic carbocycles. The Kier molecular flexibility index (Phi) is 3.76. The Balaban J connectivity index is 1.33. The summed E-state index contributed by atoms with van der Waals surface area (Å²) in [7, 11) is 1.61. The number of oxime groups is 1. The van der Waals surface area contributed by atoms with E-state index in [-0.39, 0.29) is 23.8 Å². The van der Waals surface area contributed by atoms with Gasteiger partial charge in [0, 0.05) is 10.6 Å². The highest BCUT2D eigenvalue weighted by molar-refractivity contribution is 6.31. The van der Waals surface area contributed by atoms with Crippen molar-refractivity contribution in [3.63, 3.8) is 0 Å². The number of halogens is 1. The molecule has 0 aliphatic carbocycles. The number of carbonyl (C=O) groups excluding carboxylic acids is 2. The standard InChI is InChI=1S/C22H17ClN2O5/c1-28-13-8-2-10(3-9-13)17-16-18-14-15(19(29-18)20(16)30-24-17)22(27)25(21(14)26)12-6-4-11(23)5-7-12/h2-9,14-16,18-20H,1H3. The SMILES string of the molecule is COc1ccc(C2=NOC3C4OC(C23)C2C(=O)N(c3ccc(Cl)cc3)C(=O)C42)cc1. The van der Waals surface area contributed by atoms with Crippen LogP contribution in [0, 0.1) is 17.8 Å². The second kappa shape index (κ2) is 6.30. The molecule has 0 saturated carbocycles. The smallest absolute Gasteiger partial charge is 0.240 e. The molecule has 6 rings (SSSR count). The Morgan fingerprint density at radius 3 is 2.23 bits per heavy atom. The first-order valence-electron chi connectivity index (χ1n) is 9.75. The molecule has 3 saturated heterocycles. The second-order valence-corrected chi connectivity index (χ2v) is 8.34. The summed E-state index contributed by atoms with van der Waals surface area (Å²) >= 11 is 5.96. The highest BCUT2D eigenvalue weighted by Crippen LogP contribution is 2.55. The van der Waals surface area contributed by atoms with Crippen LogP contribution in [0.4, 0.5) is 5.69 Å². The first-order valence-corrected chi connectivity index (χ1v) is 10.1. The quantitative estimate of drug-likeness (QED) is 0.708. The van der Waals surface area contributed by atoms with E-state index in [0.717, 1.165) is 17.0 Å². The fourth-order valence-electron chi connectivity index (χ4n) is 5.20. The van der Waals surface area contributed by atoms with Crippen molar-refractivity contribution in [2.45, 2.75) is 18.3 Å². The predicted molar refractivity (Wildman–Crippen MR) is 107 cm³/mol. The summed E-state index contributed by atoms with van der Waals surface area (Å²) in [5.41, 5.74) is 2.17. The minimum absolute atomic E-state index is 0.188. The van der Waals surface area contributed by atoms with Gasteiger partial charge >= 0.3 is 0 Å². The maximum atomic E-state index is 13.3. The van der Waals surface area contributed by atoms with Gasteiger partial charge in [0.2, 0.25) is 11.8 Å². The van der Waals surface area contributed by atoms with Gasteiger partial charge in [-0.1, -0.05) is 16.8 Å². The zero-order valence-corrected chi connectivity index (χ0v) is 16.7. The molecule has 2 amide bonds. The molecule has 0 radical (unpaired) electrons. The summed E-state index contributed by atoms with van der Waals surface area (Å²) in [6.45, 7) is 0. The highest BCUT2D eigenvalue weighted by atomic mass is 35.5. The Morgan fingerprint density at radius 2 is 1.57 bits per heavy atom. The van der Waals surface area contributed by atoms with Gasteiger partial charge in [0.1, 0.15) is 11.9 Å². The van der Waals surface area contributed by atoms with E-state index in [2.05, 4.69) is 5.16 Å². The van der Waals surface area contributed by atoms with E-state index in [0.29, 0.717) is 10.7 Å². The van der Waals surface area contributed by atoms with Crippen LogP contribution in [0.2, 0.25) is 5.02 Å². The molecule has 4 aliphatic rings. The van der Waals surface area contributed by atoms with Crippen molar-refractivity contribution in [1.82, 2.24) is 0 Å². The van der Waals surface area contributed by atoms with Crippen molar-refractivity contribution in [1.29, 1.82) is 0 Å². The van der Waals surface area contributed by atoms with Crippen molar-refractivity contribution in [3.05, 3.63) is 59.1 Å². The van der Waals surface area contributed by atoms with Crippen LogP contribution in [0.3, 0.4) is 0 Å². The molecule has 0 aromatic heterocycles. The van der Waals surface area contributed by atoms with Gasteiger partial charge in [-0.25, -0.2) is 4.90 Å². The van der Waals surface area contributed by atoms with Crippen LogP contribution < -0.4 is 9.64 Å². The lowest BCUT2D eigenvalue weighted by Crippen LogP contribution is -2.45. The molecule has 4 heterocycles. The van der Waals surface area contributed by atoms with E-state index in [1.54, 1.807) is 31.4 Å². The van der Waals surface area contributed by atoms with E-state index < -0.39 is 24.0 Å². The van der Waals surface area contributed by atoms with Gasteiger partial charge in [-0.2, -0.15) is 0 Å². The van der Waals surface area contributed by atoms with Crippen LogP contribution in [0.25, 0.3) is 0 Å². The van der Waals surface area contributed by atoms with Crippen molar-refractivity contribution in [2.75, 3.05) is 12.0 Å². The number of rotatable bonds is 3. The number of fused-ring (bicyclic) bond motifs is 8. The van der Waals surface area contributed by atoms with Gasteiger partial charge in [-0.3, -0.25) is 9.59 Å². The minimum Gasteiger partial charge on any atom is -0.497 e. The first-order chi connectivity index (χ1) is 14.6. The molecule has 8 heteroatoms. The van der Waals surface area contributed by atoms with Crippen molar-refractivity contribution < 1.29 is 23.9 Å². The normalized spacial score (nSPS) is 33.4. The molecule has 152 valence electrons. The molecular weight excluding hydrogens is 408 g/mol. The lowest BCUT2D eigenvalue weighted by atomic mass is 9.71. The van der Waals surface area contributed by atoms with Crippen molar-refractivity contribution in [2.24, 2.45) is 22.9 Å². The third-order valence-electron chi connectivity index (χ3n) is 6.51. The third kappa shape index (κ3) is 2.27. The molecule has 0 spiro atoms. The van der Waals surface area contributed by atoms with Crippen molar-refractivity contribution >= 4 is 34.8 Å². The van der Waals surface area contributed by atoms with Gasteiger partial charge in [-0.15, -0.1) is 0 Å². The molecule has 6 unspecified atom stereocenters. The first kappa shape index (κ1) is 17.9. The monoisotopic (exact) mass is 424 g/mol. The molecule has 2 aromatic rings. The maximum Gasteiger partial charge on any atom is 0.240 e. The number of hydrogen-bond donors (Lipinski definition) is 0. The number of benzene rings is 2. The van der Waals surface area contributed by atoms with Gasteiger partial charge in [0.25, 0.3) is 0 Å². The third-order valence-corrected chi connectivity index (χ3v) is 6.76. The van der Waals surface area contributed by atoms with Gasteiger partial charge in [0.15, 0.2) is 6.10 Å². The number of anilines is 1.